The Morgan fingerprint density at radius 1 is 1.60 bits per heavy atom. The van der Waals surface area contributed by atoms with E-state index >= 15 is 0 Å². The van der Waals surface area contributed by atoms with Gasteiger partial charge in [-0.25, -0.2) is 4.98 Å². The number of likely N-dealkylation sites (tertiary alicyclic amines) is 1. The van der Waals surface area contributed by atoms with Crippen molar-refractivity contribution >= 4 is 44.8 Å². The first-order chi connectivity index (χ1) is 9.58. The number of hydrogen-bond donors (Lipinski definition) is 1. The molecule has 0 bridgehead atoms. The molecule has 5 nitrogen and oxygen atoms in total. The van der Waals surface area contributed by atoms with E-state index in [2.05, 4.69) is 4.98 Å². The molecule has 0 saturated carbocycles. The lowest BCUT2D eigenvalue weighted by Gasteiger charge is -2.15. The first-order valence-corrected chi connectivity index (χ1v) is 7.42. The van der Waals surface area contributed by atoms with Crippen LogP contribution in [0, 0.1) is 5.92 Å². The van der Waals surface area contributed by atoms with Gasteiger partial charge in [-0.15, -0.1) is 11.3 Å². The highest BCUT2D eigenvalue weighted by atomic mass is 35.5. The highest BCUT2D eigenvalue weighted by Gasteiger charge is 2.35. The van der Waals surface area contributed by atoms with E-state index < -0.39 is 11.8 Å². The Balaban J connectivity index is 1.86. The number of nitrogens with zero attached hydrogens (tertiary/aromatic N) is 2. The molecule has 7 heteroatoms. The smallest absolute Gasteiger partial charge is 0.235 e. The molecule has 1 atom stereocenters. The average molecular weight is 310 g/mol. The summed E-state index contributed by atoms with van der Waals surface area (Å²) in [6, 6.07) is 1.89. The van der Waals surface area contributed by atoms with E-state index in [0.717, 1.165) is 15.6 Å². The summed E-state index contributed by atoms with van der Waals surface area (Å²) in [5, 5.41) is 3.45. The summed E-state index contributed by atoms with van der Waals surface area (Å²) in [4.78, 5) is 28.9. The quantitative estimate of drug-likeness (QED) is 0.693. The van der Waals surface area contributed by atoms with Gasteiger partial charge in [0.25, 0.3) is 0 Å². The van der Waals surface area contributed by atoms with Crippen molar-refractivity contribution in [3.05, 3.63) is 28.4 Å². The molecule has 0 radical (unpaired) electrons. The maximum absolute atomic E-state index is 12.1. The van der Waals surface area contributed by atoms with Crippen LogP contribution in [0.4, 0.5) is 0 Å². The summed E-state index contributed by atoms with van der Waals surface area (Å²) in [6.07, 6.45) is 2.15. The van der Waals surface area contributed by atoms with Crippen LogP contribution in [0.5, 0.6) is 0 Å². The lowest BCUT2D eigenvalue weighted by atomic mass is 10.1. The fraction of sp³-hybridized carbons (Fsp3) is 0.308. The van der Waals surface area contributed by atoms with Crippen molar-refractivity contribution in [1.82, 2.24) is 9.88 Å². The number of primary amides is 1. The number of fused-ring (bicyclic) bond motifs is 1. The number of hydrogen-bond acceptors (Lipinski definition) is 4. The summed E-state index contributed by atoms with van der Waals surface area (Å²) in [5.41, 5.74) is 6.25. The molecule has 0 spiro atoms. The van der Waals surface area contributed by atoms with Crippen LogP contribution in [-0.4, -0.2) is 28.2 Å². The topological polar surface area (TPSA) is 76.3 Å². The van der Waals surface area contributed by atoms with Crippen LogP contribution in [-0.2, 0) is 16.1 Å². The van der Waals surface area contributed by atoms with Gasteiger partial charge in [-0.2, -0.15) is 0 Å². The molecule has 20 heavy (non-hydrogen) atoms. The lowest BCUT2D eigenvalue weighted by molar-refractivity contribution is -0.136. The Labute approximate surface area is 124 Å². The summed E-state index contributed by atoms with van der Waals surface area (Å²) in [5.74, 6) is -1.40. The second kappa shape index (κ2) is 5.03. The molecule has 2 aromatic rings. The number of carbonyl (C=O) groups is 2. The number of nitrogens with two attached hydrogens (primary N) is 1. The van der Waals surface area contributed by atoms with E-state index in [4.69, 9.17) is 17.3 Å². The minimum atomic E-state index is -0.676. The van der Waals surface area contributed by atoms with Crippen LogP contribution in [0.1, 0.15) is 12.0 Å². The first-order valence-electron chi connectivity index (χ1n) is 6.16. The van der Waals surface area contributed by atoms with E-state index in [1.807, 2.05) is 11.4 Å². The fourth-order valence-corrected chi connectivity index (χ4v) is 3.70. The molecule has 0 unspecified atom stereocenters. The van der Waals surface area contributed by atoms with Crippen LogP contribution in [0.25, 0.3) is 10.1 Å². The van der Waals surface area contributed by atoms with Gasteiger partial charge in [0, 0.05) is 24.7 Å². The van der Waals surface area contributed by atoms with Gasteiger partial charge in [0.15, 0.2) is 0 Å². The van der Waals surface area contributed by atoms with Crippen molar-refractivity contribution in [3.63, 3.8) is 0 Å². The van der Waals surface area contributed by atoms with E-state index in [1.54, 1.807) is 11.1 Å². The van der Waals surface area contributed by atoms with Crippen LogP contribution in [0.2, 0.25) is 5.15 Å². The van der Waals surface area contributed by atoms with Gasteiger partial charge in [0.05, 0.1) is 4.70 Å². The van der Waals surface area contributed by atoms with Gasteiger partial charge in [-0.1, -0.05) is 11.6 Å². The van der Waals surface area contributed by atoms with Crippen molar-refractivity contribution in [2.24, 2.45) is 11.7 Å². The Hall–Kier alpha value is -1.66. The predicted octanol–water partition coefficient (Wildman–Crippen LogP) is 1.78. The second-order valence-electron chi connectivity index (χ2n) is 4.74. The molecule has 1 aliphatic heterocycles. The molecule has 3 heterocycles. The van der Waals surface area contributed by atoms with E-state index in [9.17, 15) is 9.59 Å². The fourth-order valence-electron chi connectivity index (χ4n) is 2.47. The molecule has 1 aliphatic rings. The third kappa shape index (κ3) is 2.14. The summed E-state index contributed by atoms with van der Waals surface area (Å²) < 4.78 is 0.919. The zero-order chi connectivity index (χ0) is 14.3. The van der Waals surface area contributed by atoms with Crippen LogP contribution in [0.15, 0.2) is 17.6 Å². The summed E-state index contributed by atoms with van der Waals surface area (Å²) in [7, 11) is 0. The molecular weight excluding hydrogens is 298 g/mol. The number of amides is 2. The zero-order valence-electron chi connectivity index (χ0n) is 10.5. The third-order valence-electron chi connectivity index (χ3n) is 3.53. The molecular formula is C13H12ClN3O2S. The van der Waals surface area contributed by atoms with E-state index in [0.29, 0.717) is 24.7 Å². The highest BCUT2D eigenvalue weighted by molar-refractivity contribution is 7.18. The van der Waals surface area contributed by atoms with Crippen LogP contribution < -0.4 is 5.73 Å². The number of rotatable bonds is 3. The van der Waals surface area contributed by atoms with Gasteiger partial charge < -0.3 is 10.6 Å². The molecule has 1 saturated heterocycles. The van der Waals surface area contributed by atoms with Gasteiger partial charge >= 0.3 is 0 Å². The second-order valence-corrected chi connectivity index (χ2v) is 5.98. The van der Waals surface area contributed by atoms with Crippen LogP contribution >= 0.6 is 22.9 Å². The number of halogens is 1. The number of thiophene rings is 1. The molecule has 2 N–H and O–H groups in total. The molecule has 0 aromatic carbocycles. The summed E-state index contributed by atoms with van der Waals surface area (Å²) >= 11 is 7.55. The summed E-state index contributed by atoms with van der Waals surface area (Å²) in [6.45, 7) is 1.03. The van der Waals surface area contributed by atoms with Crippen LogP contribution in [0.3, 0.4) is 0 Å². The molecule has 3 rings (SSSR count). The maximum Gasteiger partial charge on any atom is 0.235 e. The van der Waals surface area contributed by atoms with Gasteiger partial charge in [0.1, 0.15) is 11.1 Å². The molecule has 2 aromatic heterocycles. The molecule has 1 fully saturated rings. The van der Waals surface area contributed by atoms with Crippen molar-refractivity contribution in [1.29, 1.82) is 0 Å². The third-order valence-corrected chi connectivity index (χ3v) is 4.98. The number of aromatic nitrogens is 1. The van der Waals surface area contributed by atoms with E-state index in [-0.39, 0.29) is 5.91 Å². The largest absolute Gasteiger partial charge is 0.369 e. The molecule has 2 amide bonds. The van der Waals surface area contributed by atoms with Crippen molar-refractivity contribution in [2.75, 3.05) is 6.54 Å². The minimum absolute atomic E-state index is 0.183. The normalized spacial score (nSPS) is 18.9. The standard InChI is InChI=1S/C13H12ClN3O2S/c14-11-10-8(1-3-16-11)7(6-20-10)5-17-4-2-9(12(15)18)13(17)19/h1,3,6,9H,2,4-5H2,(H2,15,18)/t9-/m0/s1. The average Bonchev–Trinajstić information content (AvgIpc) is 2.97. The number of carbonyl (C=O) groups excluding carboxylic acids is 2. The van der Waals surface area contributed by atoms with Gasteiger partial charge in [-0.3, -0.25) is 9.59 Å². The Morgan fingerprint density at radius 2 is 2.40 bits per heavy atom. The Kier molecular flexibility index (Phi) is 3.35. The number of pyridine rings is 1. The minimum Gasteiger partial charge on any atom is -0.369 e. The van der Waals surface area contributed by atoms with E-state index in [1.165, 1.54) is 11.3 Å². The maximum atomic E-state index is 12.1. The molecule has 0 aliphatic carbocycles. The van der Waals surface area contributed by atoms with Gasteiger partial charge in [-0.05, 0) is 23.4 Å². The van der Waals surface area contributed by atoms with Crippen molar-refractivity contribution < 1.29 is 9.59 Å². The predicted molar refractivity (Wildman–Crippen MR) is 77.3 cm³/mol. The van der Waals surface area contributed by atoms with Crippen molar-refractivity contribution in [2.45, 2.75) is 13.0 Å². The van der Waals surface area contributed by atoms with Gasteiger partial charge in [0.2, 0.25) is 11.8 Å². The highest BCUT2D eigenvalue weighted by Crippen LogP contribution is 2.32. The first kappa shape index (κ1) is 13.3. The SMILES string of the molecule is NC(=O)[C@@H]1CCN(Cc2csc3c(Cl)nccc23)C1=O. The monoisotopic (exact) mass is 309 g/mol. The Bertz CT molecular complexity index is 700. The Morgan fingerprint density at radius 3 is 3.10 bits per heavy atom. The lowest BCUT2D eigenvalue weighted by Crippen LogP contribution is -2.33. The molecule has 104 valence electrons. The zero-order valence-corrected chi connectivity index (χ0v) is 12.1. The van der Waals surface area contributed by atoms with Crippen molar-refractivity contribution in [3.8, 4) is 0 Å².